The Hall–Kier alpha value is -0.603. The van der Waals surface area contributed by atoms with Crippen LogP contribution in [0.2, 0.25) is 0 Å². The van der Waals surface area contributed by atoms with E-state index in [-0.39, 0.29) is 11.5 Å². The molecule has 0 saturated carbocycles. The summed E-state index contributed by atoms with van der Waals surface area (Å²) in [6, 6.07) is 8.56. The highest BCUT2D eigenvalue weighted by molar-refractivity contribution is 5.98. The van der Waals surface area contributed by atoms with Crippen molar-refractivity contribution in [3.63, 3.8) is 0 Å². The van der Waals surface area contributed by atoms with Gasteiger partial charge in [-0.05, 0) is 23.5 Å². The maximum absolute atomic E-state index is 5.51. The van der Waals surface area contributed by atoms with Crippen molar-refractivity contribution in [2.24, 2.45) is 0 Å². The van der Waals surface area contributed by atoms with Crippen molar-refractivity contribution in [1.82, 2.24) is 0 Å². The molecule has 2 heteroatoms. The molecule has 0 heterocycles. The van der Waals surface area contributed by atoms with E-state index >= 15 is 0 Å². The van der Waals surface area contributed by atoms with Gasteiger partial charge in [-0.1, -0.05) is 45.0 Å². The minimum Gasteiger partial charge on any atom is -0.421 e. The minimum absolute atomic E-state index is 0.199. The maximum atomic E-state index is 5.51. The van der Waals surface area contributed by atoms with Gasteiger partial charge in [-0.15, -0.1) is 0 Å². The fourth-order valence-electron chi connectivity index (χ4n) is 1.66. The third-order valence-corrected chi connectivity index (χ3v) is 3.27. The Kier molecular flexibility index (Phi) is 3.51. The molecule has 0 saturated heterocycles. The summed E-state index contributed by atoms with van der Waals surface area (Å²) in [5.74, 6) is 0. The predicted octanol–water partition coefficient (Wildman–Crippen LogP) is 2.34. The molecule has 0 aliphatic carbocycles. The van der Waals surface area contributed by atoms with Crippen LogP contribution in [-0.2, 0) is 9.84 Å². The third kappa shape index (κ3) is 2.46. The lowest BCUT2D eigenvalue weighted by Gasteiger charge is -2.25. The van der Waals surface area contributed by atoms with E-state index < -0.39 is 0 Å². The Morgan fingerprint density at radius 2 is 1.79 bits per heavy atom. The Bertz CT molecular complexity index is 301. The average Bonchev–Trinajstić information content (AvgIpc) is 2.15. The molecule has 1 aromatic rings. The molecule has 0 N–H and O–H groups in total. The number of rotatable bonds is 2. The number of hydrogen-bond donors (Lipinski definition) is 0. The zero-order valence-corrected chi connectivity index (χ0v) is 11.8. The summed E-state index contributed by atoms with van der Waals surface area (Å²) < 4.78 is 5.51. The van der Waals surface area contributed by atoms with Crippen LogP contribution >= 0.6 is 0 Å². The molecule has 0 aliphatic heterocycles. The Labute approximate surface area is 90.0 Å². The smallest absolute Gasteiger partial charge is 0.146 e. The first-order chi connectivity index (χ1) is 6.46. The highest BCUT2D eigenvalue weighted by atomic mass is 28.2. The van der Waals surface area contributed by atoms with E-state index in [1.807, 2.05) is 0 Å². The molecule has 0 fully saturated rings. The molecular formula is C12H20OSi. The first-order valence-corrected chi connectivity index (χ1v) is 5.90. The molecule has 0 spiro atoms. The highest BCUT2D eigenvalue weighted by Crippen LogP contribution is 2.30. The van der Waals surface area contributed by atoms with Crippen LogP contribution in [0.5, 0.6) is 0 Å². The fourth-order valence-corrected chi connectivity index (χ4v) is 1.92. The van der Waals surface area contributed by atoms with E-state index in [4.69, 9.17) is 4.43 Å². The van der Waals surface area contributed by atoms with Crippen LogP contribution in [0.3, 0.4) is 0 Å². The molecule has 0 amide bonds. The largest absolute Gasteiger partial charge is 0.421 e. The predicted molar refractivity (Wildman–Crippen MR) is 64.6 cm³/mol. The van der Waals surface area contributed by atoms with E-state index in [1.165, 1.54) is 11.1 Å². The number of benzene rings is 1. The summed E-state index contributed by atoms with van der Waals surface area (Å²) in [6.07, 6.45) is 0.233. The molecule has 0 radical (unpaired) electrons. The van der Waals surface area contributed by atoms with E-state index in [1.54, 1.807) is 0 Å². The SMILES string of the molecule is CC(O[SiH3])c1ccccc1C(C)(C)C. The summed E-state index contributed by atoms with van der Waals surface area (Å²) in [5, 5.41) is 0. The topological polar surface area (TPSA) is 9.23 Å². The zero-order valence-electron chi connectivity index (χ0n) is 9.79. The monoisotopic (exact) mass is 208 g/mol. The van der Waals surface area contributed by atoms with Crippen LogP contribution in [0.25, 0.3) is 0 Å². The van der Waals surface area contributed by atoms with Gasteiger partial charge in [-0.25, -0.2) is 0 Å². The van der Waals surface area contributed by atoms with E-state index in [0.717, 1.165) is 10.5 Å². The summed E-state index contributed by atoms with van der Waals surface area (Å²) in [7, 11) is 0.792. The van der Waals surface area contributed by atoms with Crippen molar-refractivity contribution in [1.29, 1.82) is 0 Å². The number of hydrogen-bond acceptors (Lipinski definition) is 1. The molecule has 1 atom stereocenters. The average molecular weight is 208 g/mol. The van der Waals surface area contributed by atoms with Gasteiger partial charge in [0.1, 0.15) is 10.5 Å². The van der Waals surface area contributed by atoms with Gasteiger partial charge in [0.15, 0.2) is 0 Å². The second kappa shape index (κ2) is 4.28. The van der Waals surface area contributed by atoms with Crippen molar-refractivity contribution in [2.75, 3.05) is 0 Å². The van der Waals surface area contributed by atoms with Crippen molar-refractivity contribution in [3.05, 3.63) is 35.4 Å². The van der Waals surface area contributed by atoms with Gasteiger partial charge in [0.2, 0.25) is 0 Å². The molecule has 1 aromatic carbocycles. The molecule has 78 valence electrons. The van der Waals surface area contributed by atoms with Crippen molar-refractivity contribution in [3.8, 4) is 0 Å². The normalized spacial score (nSPS) is 14.3. The maximum Gasteiger partial charge on any atom is 0.146 e. The van der Waals surface area contributed by atoms with Gasteiger partial charge in [0.25, 0.3) is 0 Å². The van der Waals surface area contributed by atoms with Crippen LogP contribution in [0, 0.1) is 0 Å². The lowest BCUT2D eigenvalue weighted by atomic mass is 9.82. The second-order valence-corrected chi connectivity index (χ2v) is 5.19. The zero-order chi connectivity index (χ0) is 10.8. The fraction of sp³-hybridized carbons (Fsp3) is 0.500. The Balaban J connectivity index is 3.16. The van der Waals surface area contributed by atoms with Crippen LogP contribution in [-0.4, -0.2) is 10.5 Å². The Morgan fingerprint density at radius 1 is 1.21 bits per heavy atom. The summed E-state index contributed by atoms with van der Waals surface area (Å²) in [4.78, 5) is 0. The van der Waals surface area contributed by atoms with Crippen LogP contribution in [0.1, 0.15) is 44.9 Å². The summed E-state index contributed by atoms with van der Waals surface area (Å²) >= 11 is 0. The lowest BCUT2D eigenvalue weighted by molar-refractivity contribution is 0.247. The molecule has 14 heavy (non-hydrogen) atoms. The highest BCUT2D eigenvalue weighted by Gasteiger charge is 2.19. The molecular weight excluding hydrogens is 188 g/mol. The lowest BCUT2D eigenvalue weighted by Crippen LogP contribution is -2.15. The van der Waals surface area contributed by atoms with Gasteiger partial charge in [0.05, 0.1) is 6.10 Å². The van der Waals surface area contributed by atoms with Gasteiger partial charge in [-0.3, -0.25) is 0 Å². The first kappa shape index (κ1) is 11.5. The van der Waals surface area contributed by atoms with E-state index in [9.17, 15) is 0 Å². The van der Waals surface area contributed by atoms with Crippen molar-refractivity contribution < 1.29 is 4.43 Å². The molecule has 0 aromatic heterocycles. The van der Waals surface area contributed by atoms with Gasteiger partial charge in [-0.2, -0.15) is 0 Å². The molecule has 1 nitrogen and oxygen atoms in total. The second-order valence-electron chi connectivity index (χ2n) is 4.72. The summed E-state index contributed by atoms with van der Waals surface area (Å²) in [6.45, 7) is 8.85. The molecule has 0 aliphatic rings. The standard InChI is InChI=1S/C12H20OSi/c1-9(13-14)10-7-5-6-8-11(10)12(2,3)4/h5-9H,1-4,14H3. The van der Waals surface area contributed by atoms with E-state index in [2.05, 4.69) is 52.0 Å². The van der Waals surface area contributed by atoms with E-state index in [0.29, 0.717) is 0 Å². The van der Waals surface area contributed by atoms with Crippen LogP contribution in [0.4, 0.5) is 0 Å². The minimum atomic E-state index is 0.199. The first-order valence-electron chi connectivity index (χ1n) is 5.09. The quantitative estimate of drug-likeness (QED) is 0.678. The third-order valence-electron chi connectivity index (χ3n) is 2.56. The summed E-state index contributed by atoms with van der Waals surface area (Å²) in [5.41, 5.74) is 2.92. The Morgan fingerprint density at radius 3 is 2.29 bits per heavy atom. The molecule has 0 bridgehead atoms. The van der Waals surface area contributed by atoms with Gasteiger partial charge < -0.3 is 4.43 Å². The molecule has 1 unspecified atom stereocenters. The van der Waals surface area contributed by atoms with Crippen molar-refractivity contribution >= 4 is 10.5 Å². The van der Waals surface area contributed by atoms with Gasteiger partial charge >= 0.3 is 0 Å². The van der Waals surface area contributed by atoms with Crippen LogP contribution in [0.15, 0.2) is 24.3 Å². The van der Waals surface area contributed by atoms with Crippen molar-refractivity contribution in [2.45, 2.75) is 39.2 Å². The van der Waals surface area contributed by atoms with Crippen LogP contribution < -0.4 is 0 Å². The molecule has 1 rings (SSSR count). The van der Waals surface area contributed by atoms with Gasteiger partial charge in [0, 0.05) is 0 Å².